The number of aryl methyl sites for hydroxylation is 1. The highest BCUT2D eigenvalue weighted by atomic mass is 19.4. The number of ether oxygens (including phenoxy) is 1. The van der Waals surface area contributed by atoms with Crippen LogP contribution in [0.2, 0.25) is 0 Å². The summed E-state index contributed by atoms with van der Waals surface area (Å²) >= 11 is 0. The van der Waals surface area contributed by atoms with Gasteiger partial charge in [-0.25, -0.2) is 0 Å². The van der Waals surface area contributed by atoms with Crippen LogP contribution in [0, 0.1) is 0 Å². The van der Waals surface area contributed by atoms with Crippen LogP contribution in [0.5, 0.6) is 5.75 Å². The Kier molecular flexibility index (Phi) is 11.1. The molecule has 2 aromatic carbocycles. The number of nitrogens with one attached hydrogen (secondary N) is 2. The van der Waals surface area contributed by atoms with Crippen molar-refractivity contribution in [2.75, 3.05) is 45.9 Å². The molecule has 8 rings (SSSR count). The van der Waals surface area contributed by atoms with E-state index < -0.39 is 47.5 Å². The second-order valence-electron chi connectivity index (χ2n) is 15.5. The number of amides is 4. The summed E-state index contributed by atoms with van der Waals surface area (Å²) in [6.45, 7) is 5.71. The maximum Gasteiger partial charge on any atom is 0.414 e. The smallest absolute Gasteiger partial charge is 0.414 e. The zero-order valence-electron chi connectivity index (χ0n) is 32.3. The van der Waals surface area contributed by atoms with Crippen LogP contribution in [0.1, 0.15) is 71.2 Å². The van der Waals surface area contributed by atoms with Gasteiger partial charge in [0.1, 0.15) is 11.8 Å². The van der Waals surface area contributed by atoms with Crippen molar-refractivity contribution in [2.45, 2.75) is 63.2 Å². The Morgan fingerprint density at radius 1 is 0.845 bits per heavy atom. The number of rotatable bonds is 13. The molecule has 2 saturated heterocycles. The standard InChI is InChI=1S/C43H46F3N7O5/c1-50-36-13-14-47-26-33(36)30-9-7-27(23-38(30)50)28-22-34(43(44,45)46)35(48-25-28)6-5-16-52-19-17-51(18-20-52)15-3-2-4-21-58-29-8-10-31-32(24-29)42(57)53(41(31)56)37-11-12-39(54)49-40(37)55/h7-10,13-14,22-26,35,37,48H,2-6,11-12,15-21H2,1H3,(H,49,54,55). The number of piperazine rings is 1. The SMILES string of the molecule is Cn1c2ccncc2c2ccc(C3=CNC(CCCN4CCN(CCCCCOc5ccc6c(c5)C(=O)N(C5CCC(=O)NC5=O)C6=O)CC4)C(C(F)(F)F)=C3)cc21. The quantitative estimate of drug-likeness (QED) is 0.132. The van der Waals surface area contributed by atoms with Crippen LogP contribution in [0.4, 0.5) is 13.2 Å². The molecule has 4 aliphatic rings. The zero-order valence-corrected chi connectivity index (χ0v) is 32.3. The topological polar surface area (TPSA) is 129 Å². The molecule has 2 N–H and O–H groups in total. The van der Waals surface area contributed by atoms with Crippen molar-refractivity contribution in [1.82, 2.24) is 34.9 Å². The number of dihydropyridines is 1. The predicted octanol–water partition coefficient (Wildman–Crippen LogP) is 5.58. The van der Waals surface area contributed by atoms with E-state index in [-0.39, 0.29) is 24.0 Å². The number of benzene rings is 2. The highest BCUT2D eigenvalue weighted by molar-refractivity contribution is 6.23. The number of unbranched alkanes of at least 4 members (excludes halogenated alkanes) is 2. The second kappa shape index (κ2) is 16.4. The van der Waals surface area contributed by atoms with Gasteiger partial charge in [-0.15, -0.1) is 0 Å². The monoisotopic (exact) mass is 797 g/mol. The number of nitrogens with zero attached hydrogens (tertiary/aromatic N) is 5. The molecule has 4 aromatic rings. The number of carbonyl (C=O) groups excluding carboxylic acids is 4. The van der Waals surface area contributed by atoms with Gasteiger partial charge in [0.2, 0.25) is 11.8 Å². The van der Waals surface area contributed by atoms with E-state index in [1.54, 1.807) is 30.6 Å². The van der Waals surface area contributed by atoms with Crippen LogP contribution in [-0.4, -0.2) is 112 Å². The number of carbonyl (C=O) groups is 4. The van der Waals surface area contributed by atoms with Crippen molar-refractivity contribution in [3.05, 3.63) is 89.4 Å². The van der Waals surface area contributed by atoms with E-state index in [2.05, 4.69) is 25.4 Å². The maximum atomic E-state index is 14.4. The van der Waals surface area contributed by atoms with E-state index in [1.807, 2.05) is 42.1 Å². The molecule has 2 fully saturated rings. The Labute approximate surface area is 333 Å². The minimum atomic E-state index is -4.45. The second-order valence-corrected chi connectivity index (χ2v) is 15.5. The van der Waals surface area contributed by atoms with E-state index in [9.17, 15) is 32.3 Å². The number of hydrogen-bond acceptors (Lipinski definition) is 9. The summed E-state index contributed by atoms with van der Waals surface area (Å²) in [4.78, 5) is 59.8. The van der Waals surface area contributed by atoms with Gasteiger partial charge >= 0.3 is 6.18 Å². The van der Waals surface area contributed by atoms with Crippen molar-refractivity contribution in [1.29, 1.82) is 0 Å². The van der Waals surface area contributed by atoms with Crippen LogP contribution in [0.3, 0.4) is 0 Å². The van der Waals surface area contributed by atoms with Crippen LogP contribution in [0.15, 0.2) is 72.7 Å². The molecule has 4 aliphatic heterocycles. The lowest BCUT2D eigenvalue weighted by molar-refractivity contribution is -0.136. The van der Waals surface area contributed by atoms with Crippen molar-refractivity contribution in [3.8, 4) is 5.75 Å². The summed E-state index contributed by atoms with van der Waals surface area (Å²) in [5.41, 5.74) is 3.05. The number of fused-ring (bicyclic) bond motifs is 4. The third-order valence-corrected chi connectivity index (χ3v) is 11.8. The van der Waals surface area contributed by atoms with E-state index in [0.717, 1.165) is 90.8 Å². The Balaban J connectivity index is 0.740. The molecule has 12 nitrogen and oxygen atoms in total. The molecular formula is C43H46F3N7O5. The molecule has 0 aliphatic carbocycles. The van der Waals surface area contributed by atoms with Crippen LogP contribution >= 0.6 is 0 Å². The fraction of sp³-hybridized carbons (Fsp3) is 0.419. The normalized spacial score (nSPS) is 20.7. The van der Waals surface area contributed by atoms with Gasteiger partial charge in [0.15, 0.2) is 0 Å². The molecule has 15 heteroatoms. The molecule has 0 radical (unpaired) electrons. The number of pyridine rings is 1. The van der Waals surface area contributed by atoms with Gasteiger partial charge in [-0.05, 0) is 99.2 Å². The third kappa shape index (κ3) is 7.97. The van der Waals surface area contributed by atoms with Crippen molar-refractivity contribution in [2.24, 2.45) is 7.05 Å². The molecule has 0 saturated carbocycles. The lowest BCUT2D eigenvalue weighted by atomic mass is 9.93. The average Bonchev–Trinajstić information content (AvgIpc) is 3.64. The number of halogens is 3. The van der Waals surface area contributed by atoms with Crippen molar-refractivity contribution in [3.63, 3.8) is 0 Å². The van der Waals surface area contributed by atoms with Crippen LogP contribution < -0.4 is 15.4 Å². The van der Waals surface area contributed by atoms with E-state index in [1.165, 1.54) is 6.08 Å². The Morgan fingerprint density at radius 3 is 2.36 bits per heavy atom. The number of imide groups is 2. The predicted molar refractivity (Wildman–Crippen MR) is 212 cm³/mol. The van der Waals surface area contributed by atoms with Gasteiger partial charge in [-0.2, -0.15) is 13.2 Å². The third-order valence-electron chi connectivity index (χ3n) is 11.8. The molecule has 4 amide bonds. The first-order valence-electron chi connectivity index (χ1n) is 20.0. The number of aromatic nitrogens is 2. The molecule has 2 atom stereocenters. The summed E-state index contributed by atoms with van der Waals surface area (Å²) in [5, 5.41) is 7.30. The summed E-state index contributed by atoms with van der Waals surface area (Å²) in [6, 6.07) is 10.6. The van der Waals surface area contributed by atoms with Gasteiger partial charge in [0, 0.05) is 74.5 Å². The van der Waals surface area contributed by atoms with Gasteiger partial charge in [-0.3, -0.25) is 34.4 Å². The van der Waals surface area contributed by atoms with E-state index in [0.29, 0.717) is 30.8 Å². The average molecular weight is 798 g/mol. The summed E-state index contributed by atoms with van der Waals surface area (Å²) in [6.07, 6.45) is 6.06. The van der Waals surface area contributed by atoms with Gasteiger partial charge in [0.25, 0.3) is 11.8 Å². The fourth-order valence-corrected chi connectivity index (χ4v) is 8.61. The maximum absolute atomic E-state index is 14.4. The Morgan fingerprint density at radius 2 is 1.60 bits per heavy atom. The molecule has 6 heterocycles. The molecule has 2 unspecified atom stereocenters. The lowest BCUT2D eigenvalue weighted by Gasteiger charge is -2.35. The fourth-order valence-electron chi connectivity index (χ4n) is 8.61. The Hall–Kier alpha value is -5.54. The molecule has 2 aromatic heterocycles. The molecule has 0 bridgehead atoms. The highest BCUT2D eigenvalue weighted by Gasteiger charge is 2.45. The Bertz CT molecular complexity index is 2330. The molecule has 58 heavy (non-hydrogen) atoms. The van der Waals surface area contributed by atoms with Crippen molar-refractivity contribution >= 4 is 51.0 Å². The highest BCUT2D eigenvalue weighted by Crippen LogP contribution is 2.37. The number of allylic oxidation sites excluding steroid dienone is 2. The zero-order chi connectivity index (χ0) is 40.6. The summed E-state index contributed by atoms with van der Waals surface area (Å²) in [5.74, 6) is -1.70. The number of alkyl halides is 3. The minimum Gasteiger partial charge on any atom is -0.494 e. The first-order chi connectivity index (χ1) is 28.0. The van der Waals surface area contributed by atoms with Gasteiger partial charge in [0.05, 0.1) is 34.9 Å². The van der Waals surface area contributed by atoms with E-state index >= 15 is 0 Å². The first kappa shape index (κ1) is 39.3. The number of hydrogen-bond donors (Lipinski definition) is 2. The van der Waals surface area contributed by atoms with Crippen LogP contribution in [0.25, 0.3) is 27.4 Å². The van der Waals surface area contributed by atoms with Gasteiger partial charge < -0.3 is 24.4 Å². The summed E-state index contributed by atoms with van der Waals surface area (Å²) < 4.78 is 51.0. The largest absolute Gasteiger partial charge is 0.494 e. The first-order valence-corrected chi connectivity index (χ1v) is 20.0. The van der Waals surface area contributed by atoms with Crippen LogP contribution in [-0.2, 0) is 16.6 Å². The van der Waals surface area contributed by atoms with Gasteiger partial charge in [-0.1, -0.05) is 12.1 Å². The molecular weight excluding hydrogens is 752 g/mol. The lowest BCUT2D eigenvalue weighted by Crippen LogP contribution is -2.54. The van der Waals surface area contributed by atoms with E-state index in [4.69, 9.17) is 4.74 Å². The van der Waals surface area contributed by atoms with Crippen molar-refractivity contribution < 1.29 is 37.1 Å². The molecule has 304 valence electrons. The number of piperidine rings is 1. The minimum absolute atomic E-state index is 0.0637. The molecule has 0 spiro atoms. The summed E-state index contributed by atoms with van der Waals surface area (Å²) in [7, 11) is 1.95.